The van der Waals surface area contributed by atoms with Crippen molar-refractivity contribution in [3.63, 3.8) is 0 Å². The van der Waals surface area contributed by atoms with E-state index in [1.807, 2.05) is 13.8 Å². The average molecular weight is 280 g/mol. The van der Waals surface area contributed by atoms with E-state index in [2.05, 4.69) is 21.9 Å². The highest BCUT2D eigenvalue weighted by Crippen LogP contribution is 2.20. The second kappa shape index (κ2) is 6.04. The third-order valence-electron chi connectivity index (χ3n) is 3.39. The van der Waals surface area contributed by atoms with E-state index in [1.165, 1.54) is 10.9 Å². The lowest BCUT2D eigenvalue weighted by atomic mass is 10.2. The minimum absolute atomic E-state index is 0.132. The van der Waals surface area contributed by atoms with Crippen LogP contribution in [0.15, 0.2) is 11.2 Å². The fourth-order valence-corrected chi connectivity index (χ4v) is 2.36. The minimum atomic E-state index is -1.01. The van der Waals surface area contributed by atoms with Crippen molar-refractivity contribution < 1.29 is 14.6 Å². The van der Waals surface area contributed by atoms with Crippen LogP contribution in [0.2, 0.25) is 0 Å². The summed E-state index contributed by atoms with van der Waals surface area (Å²) in [6.45, 7) is 8.39. The van der Waals surface area contributed by atoms with E-state index in [1.54, 1.807) is 0 Å². The highest BCUT2D eigenvalue weighted by Gasteiger charge is 2.22. The Morgan fingerprint density at radius 1 is 1.65 bits per heavy atom. The standard InChI is InChI=1S/C13H20N4O3/c1-4-17-12(13(18)19)11(7-14-17)15-10(3)16-5-6-20-8-9(16)2/h7,9H,4-6,8H2,1-3H3,(H,18,19)/b15-10+/t9-/m1/s1. The van der Waals surface area contributed by atoms with E-state index < -0.39 is 5.97 Å². The van der Waals surface area contributed by atoms with Crippen LogP contribution in [0.1, 0.15) is 31.3 Å². The van der Waals surface area contributed by atoms with Gasteiger partial charge in [-0.05, 0) is 20.8 Å². The molecule has 1 aliphatic rings. The minimum Gasteiger partial charge on any atom is -0.476 e. The Kier molecular flexibility index (Phi) is 4.39. The Morgan fingerprint density at radius 3 is 3.00 bits per heavy atom. The molecule has 0 aromatic carbocycles. The maximum Gasteiger partial charge on any atom is 0.356 e. The topological polar surface area (TPSA) is 80.0 Å². The number of carboxylic acids is 1. The maximum absolute atomic E-state index is 11.3. The van der Waals surface area contributed by atoms with Gasteiger partial charge in [0.25, 0.3) is 0 Å². The van der Waals surface area contributed by atoms with Crippen LogP contribution in [-0.2, 0) is 11.3 Å². The van der Waals surface area contributed by atoms with Gasteiger partial charge in [-0.1, -0.05) is 0 Å². The second-order valence-corrected chi connectivity index (χ2v) is 4.78. The SMILES string of the molecule is CCn1ncc(/N=C(\C)N2CCOC[C@H]2C)c1C(=O)O. The molecule has 1 atom stereocenters. The molecule has 1 fully saturated rings. The number of carbonyl (C=O) groups is 1. The fourth-order valence-electron chi connectivity index (χ4n) is 2.36. The van der Waals surface area contributed by atoms with Crippen molar-refractivity contribution in [1.29, 1.82) is 0 Å². The predicted octanol–water partition coefficient (Wildman–Crippen LogP) is 1.37. The number of carboxylic acid groups (broad SMARTS) is 1. The maximum atomic E-state index is 11.3. The first-order chi connectivity index (χ1) is 9.54. The zero-order chi connectivity index (χ0) is 14.7. The average Bonchev–Trinajstić information content (AvgIpc) is 2.82. The molecule has 0 radical (unpaired) electrons. The molecule has 0 spiro atoms. The van der Waals surface area contributed by atoms with E-state index in [0.717, 1.165) is 12.4 Å². The van der Waals surface area contributed by atoms with Crippen LogP contribution in [0, 0.1) is 0 Å². The number of hydrogen-bond donors (Lipinski definition) is 1. The summed E-state index contributed by atoms with van der Waals surface area (Å²) in [6.07, 6.45) is 1.50. The lowest BCUT2D eigenvalue weighted by Gasteiger charge is -2.34. The zero-order valence-corrected chi connectivity index (χ0v) is 12.0. The highest BCUT2D eigenvalue weighted by molar-refractivity contribution is 5.93. The molecule has 0 bridgehead atoms. The van der Waals surface area contributed by atoms with Gasteiger partial charge in [-0.3, -0.25) is 4.68 Å². The van der Waals surface area contributed by atoms with Gasteiger partial charge in [0.1, 0.15) is 11.5 Å². The molecule has 0 aliphatic carbocycles. The van der Waals surface area contributed by atoms with Gasteiger partial charge in [0.05, 0.1) is 25.5 Å². The Labute approximate surface area is 117 Å². The summed E-state index contributed by atoms with van der Waals surface area (Å²) in [5, 5.41) is 13.3. The summed E-state index contributed by atoms with van der Waals surface area (Å²) in [7, 11) is 0. The Bertz CT molecular complexity index is 524. The molecule has 1 saturated heterocycles. The number of hydrogen-bond acceptors (Lipinski definition) is 4. The van der Waals surface area contributed by atoms with Gasteiger partial charge < -0.3 is 14.7 Å². The van der Waals surface area contributed by atoms with Crippen LogP contribution in [0.25, 0.3) is 0 Å². The molecule has 0 amide bonds. The van der Waals surface area contributed by atoms with Gasteiger partial charge in [-0.2, -0.15) is 5.10 Å². The van der Waals surface area contributed by atoms with Crippen molar-refractivity contribution in [3.8, 4) is 0 Å². The van der Waals surface area contributed by atoms with E-state index in [-0.39, 0.29) is 11.7 Å². The van der Waals surface area contributed by atoms with Crippen molar-refractivity contribution in [2.75, 3.05) is 19.8 Å². The molecule has 1 N–H and O–H groups in total. The Hall–Kier alpha value is -1.89. The lowest BCUT2D eigenvalue weighted by molar-refractivity contribution is 0.0330. The molecule has 7 heteroatoms. The Balaban J connectivity index is 2.29. The molecule has 1 aliphatic heterocycles. The summed E-state index contributed by atoms with van der Waals surface area (Å²) in [4.78, 5) is 17.9. The number of aryl methyl sites for hydroxylation is 1. The number of morpholine rings is 1. The van der Waals surface area contributed by atoms with E-state index in [9.17, 15) is 9.90 Å². The highest BCUT2D eigenvalue weighted by atomic mass is 16.5. The largest absolute Gasteiger partial charge is 0.476 e. The molecule has 2 heterocycles. The van der Waals surface area contributed by atoms with Gasteiger partial charge >= 0.3 is 5.97 Å². The van der Waals surface area contributed by atoms with Gasteiger partial charge in [-0.15, -0.1) is 0 Å². The lowest BCUT2D eigenvalue weighted by Crippen LogP contribution is -2.46. The molecular formula is C13H20N4O3. The number of nitrogens with zero attached hydrogens (tertiary/aromatic N) is 4. The summed E-state index contributed by atoms with van der Waals surface area (Å²) >= 11 is 0. The molecule has 0 saturated carbocycles. The number of aromatic carboxylic acids is 1. The third kappa shape index (κ3) is 2.82. The van der Waals surface area contributed by atoms with Crippen molar-refractivity contribution in [1.82, 2.24) is 14.7 Å². The normalized spacial score (nSPS) is 20.2. The molecular weight excluding hydrogens is 260 g/mol. The van der Waals surface area contributed by atoms with Crippen LogP contribution < -0.4 is 0 Å². The molecule has 1 aromatic heterocycles. The smallest absolute Gasteiger partial charge is 0.356 e. The van der Waals surface area contributed by atoms with Gasteiger partial charge in [-0.25, -0.2) is 9.79 Å². The number of aliphatic imine (C=N–C) groups is 1. The van der Waals surface area contributed by atoms with Crippen molar-refractivity contribution in [2.24, 2.45) is 4.99 Å². The number of ether oxygens (including phenoxy) is 1. The fraction of sp³-hybridized carbons (Fsp3) is 0.615. The summed E-state index contributed by atoms with van der Waals surface area (Å²) < 4.78 is 6.83. The third-order valence-corrected chi connectivity index (χ3v) is 3.39. The number of amidine groups is 1. The monoisotopic (exact) mass is 280 g/mol. The van der Waals surface area contributed by atoms with Crippen LogP contribution in [-0.4, -0.2) is 57.4 Å². The summed E-state index contributed by atoms with van der Waals surface area (Å²) in [5.41, 5.74) is 0.531. The van der Waals surface area contributed by atoms with E-state index in [0.29, 0.717) is 25.4 Å². The second-order valence-electron chi connectivity index (χ2n) is 4.78. The van der Waals surface area contributed by atoms with Crippen LogP contribution in [0.5, 0.6) is 0 Å². The van der Waals surface area contributed by atoms with Crippen molar-refractivity contribution >= 4 is 17.5 Å². The van der Waals surface area contributed by atoms with Crippen molar-refractivity contribution in [3.05, 3.63) is 11.9 Å². The predicted molar refractivity (Wildman–Crippen MR) is 74.6 cm³/mol. The quantitative estimate of drug-likeness (QED) is 0.668. The first kappa shape index (κ1) is 14.5. The first-order valence-corrected chi connectivity index (χ1v) is 6.73. The molecule has 7 nitrogen and oxygen atoms in total. The van der Waals surface area contributed by atoms with Gasteiger partial charge in [0.15, 0.2) is 5.69 Å². The molecule has 0 unspecified atom stereocenters. The zero-order valence-electron chi connectivity index (χ0n) is 12.0. The first-order valence-electron chi connectivity index (χ1n) is 6.73. The van der Waals surface area contributed by atoms with E-state index in [4.69, 9.17) is 4.74 Å². The molecule has 1 aromatic rings. The van der Waals surface area contributed by atoms with Gasteiger partial charge in [0, 0.05) is 13.1 Å². The summed E-state index contributed by atoms with van der Waals surface area (Å²) in [6, 6.07) is 0.238. The van der Waals surface area contributed by atoms with Crippen LogP contribution in [0.4, 0.5) is 5.69 Å². The Morgan fingerprint density at radius 2 is 2.40 bits per heavy atom. The van der Waals surface area contributed by atoms with Gasteiger partial charge in [0.2, 0.25) is 0 Å². The van der Waals surface area contributed by atoms with Crippen LogP contribution in [0.3, 0.4) is 0 Å². The van der Waals surface area contributed by atoms with Crippen LogP contribution >= 0.6 is 0 Å². The van der Waals surface area contributed by atoms with Crippen molar-refractivity contribution in [2.45, 2.75) is 33.4 Å². The number of rotatable bonds is 3. The summed E-state index contributed by atoms with van der Waals surface area (Å²) in [5.74, 6) is -0.218. The number of aromatic nitrogens is 2. The van der Waals surface area contributed by atoms with E-state index >= 15 is 0 Å². The molecule has 20 heavy (non-hydrogen) atoms. The molecule has 110 valence electrons. The molecule has 2 rings (SSSR count).